The summed E-state index contributed by atoms with van der Waals surface area (Å²) in [7, 11) is -0.565. The number of nitrogens with two attached hydrogens (primary N) is 1. The van der Waals surface area contributed by atoms with Crippen LogP contribution in [0, 0.1) is 0 Å². The number of quaternary nitrogens is 1. The van der Waals surface area contributed by atoms with Crippen LogP contribution < -0.4 is 21.1 Å². The number of fused-ring (bicyclic) bond motifs is 1. The molecule has 2 amide bonds. The number of pyridine rings is 1. The van der Waals surface area contributed by atoms with Gasteiger partial charge >= 0.3 is 16.4 Å². The Kier molecular flexibility index (Phi) is 9.98. The fourth-order valence-corrected chi connectivity index (χ4v) is 6.35. The molecule has 3 aromatic rings. The number of nitrogen functional groups attached to an aromatic ring is 1. The Bertz CT molecular complexity index is 1890. The molecule has 2 saturated heterocycles. The van der Waals surface area contributed by atoms with Crippen molar-refractivity contribution in [3.8, 4) is 5.75 Å². The maximum absolute atomic E-state index is 13.3. The molecule has 1 aromatic carbocycles. The third-order valence-corrected chi connectivity index (χ3v) is 9.24. The van der Waals surface area contributed by atoms with E-state index in [1.54, 1.807) is 18.2 Å². The van der Waals surface area contributed by atoms with Crippen molar-refractivity contribution in [1.29, 1.82) is 0 Å². The standard InChI is InChI=1S/C29H36N8O10S2/c1-29(2)24(26(39)36(29)47-49(42,43)44)34-25(38)23(20-15-48-28(30)33-20)35-46-21(27(40)41)14-45-18-6-7-19-16(13-18)5-8-22(32-19)31-17-9-11-37(3,4)12-10-17/h5-8,13,15,17,21,24H,9-12,14H2,1-4H3,(H5-,30,31,32,33,34,38,40,41,42,43,44)/p+1/b35-23-/t21?,24-/m1/s1. The molecule has 49 heavy (non-hydrogen) atoms. The predicted octanol–water partition coefficient (Wildman–Crippen LogP) is 1.02. The van der Waals surface area contributed by atoms with Crippen LogP contribution in [0.3, 0.4) is 0 Å². The summed E-state index contributed by atoms with van der Waals surface area (Å²) in [5.74, 6) is -2.34. The van der Waals surface area contributed by atoms with Gasteiger partial charge in [-0.3, -0.25) is 14.1 Å². The van der Waals surface area contributed by atoms with Gasteiger partial charge < -0.3 is 35.5 Å². The fourth-order valence-electron chi connectivity index (χ4n) is 5.35. The molecule has 1 unspecified atom stereocenters. The van der Waals surface area contributed by atoms with Crippen molar-refractivity contribution in [3.05, 3.63) is 41.4 Å². The molecule has 2 aliphatic heterocycles. The zero-order valence-corrected chi connectivity index (χ0v) is 28.7. The molecule has 18 nitrogen and oxygen atoms in total. The van der Waals surface area contributed by atoms with Crippen LogP contribution in [0.2, 0.25) is 0 Å². The van der Waals surface area contributed by atoms with Crippen LogP contribution in [0.5, 0.6) is 5.75 Å². The van der Waals surface area contributed by atoms with Gasteiger partial charge in [0.25, 0.3) is 17.9 Å². The first kappa shape index (κ1) is 35.7. The fraction of sp³-hybridized carbons (Fsp3) is 0.448. The van der Waals surface area contributed by atoms with Crippen LogP contribution >= 0.6 is 11.3 Å². The summed E-state index contributed by atoms with van der Waals surface area (Å²) in [4.78, 5) is 51.8. The van der Waals surface area contributed by atoms with E-state index in [1.807, 2.05) is 12.1 Å². The average molecular weight is 722 g/mol. The second-order valence-corrected chi connectivity index (χ2v) is 14.7. The molecule has 4 heterocycles. The van der Waals surface area contributed by atoms with Crippen LogP contribution in [-0.2, 0) is 33.9 Å². The topological polar surface area (TPSA) is 245 Å². The molecule has 20 heteroatoms. The maximum atomic E-state index is 13.3. The Morgan fingerprint density at radius 2 is 1.92 bits per heavy atom. The Morgan fingerprint density at radius 1 is 1.20 bits per heavy atom. The van der Waals surface area contributed by atoms with Crippen LogP contribution in [-0.4, -0.2) is 119 Å². The van der Waals surface area contributed by atoms with Gasteiger partial charge in [0.15, 0.2) is 10.8 Å². The number of anilines is 2. The van der Waals surface area contributed by atoms with Crippen LogP contribution in [0.15, 0.2) is 40.9 Å². The summed E-state index contributed by atoms with van der Waals surface area (Å²) in [6, 6.07) is 7.90. The third-order valence-electron chi connectivity index (χ3n) is 8.23. The number of likely N-dealkylation sites (tertiary alicyclic amines) is 1. The van der Waals surface area contributed by atoms with Gasteiger partial charge in [-0.1, -0.05) is 5.16 Å². The van der Waals surface area contributed by atoms with E-state index >= 15 is 0 Å². The second kappa shape index (κ2) is 13.7. The van der Waals surface area contributed by atoms with Crippen molar-refractivity contribution < 1.29 is 50.8 Å². The van der Waals surface area contributed by atoms with E-state index in [9.17, 15) is 27.9 Å². The van der Waals surface area contributed by atoms with Crippen molar-refractivity contribution in [1.82, 2.24) is 20.3 Å². The van der Waals surface area contributed by atoms with E-state index in [1.165, 1.54) is 19.2 Å². The molecule has 0 aliphatic carbocycles. The first-order chi connectivity index (χ1) is 22.9. The van der Waals surface area contributed by atoms with Crippen molar-refractivity contribution in [2.75, 3.05) is 44.8 Å². The zero-order valence-electron chi connectivity index (χ0n) is 27.0. The van der Waals surface area contributed by atoms with Crippen molar-refractivity contribution >= 4 is 67.1 Å². The number of aliphatic carboxylic acids is 1. The number of β-lactam (4-membered cyclic amide) rings is 1. The van der Waals surface area contributed by atoms with E-state index in [2.05, 4.69) is 39.2 Å². The number of aromatic nitrogens is 2. The van der Waals surface area contributed by atoms with Gasteiger partial charge in [-0.2, -0.15) is 13.5 Å². The number of carboxylic acid groups (broad SMARTS) is 1. The summed E-state index contributed by atoms with van der Waals surface area (Å²) in [5.41, 5.74) is 4.41. The second-order valence-electron chi connectivity index (χ2n) is 12.8. The number of ether oxygens (including phenoxy) is 1. The van der Waals surface area contributed by atoms with E-state index < -0.39 is 58.2 Å². The predicted molar refractivity (Wildman–Crippen MR) is 177 cm³/mol. The van der Waals surface area contributed by atoms with E-state index in [0.29, 0.717) is 16.9 Å². The van der Waals surface area contributed by atoms with Gasteiger partial charge in [-0.05, 0) is 44.2 Å². The molecule has 0 saturated carbocycles. The van der Waals surface area contributed by atoms with Crippen LogP contribution in [0.1, 0.15) is 32.4 Å². The lowest BCUT2D eigenvalue weighted by Gasteiger charge is -2.50. The number of carbonyl (C=O) groups is 3. The number of thiazole rings is 1. The number of hydrogen-bond acceptors (Lipinski definition) is 14. The number of benzene rings is 1. The number of rotatable bonds is 13. The van der Waals surface area contributed by atoms with Gasteiger partial charge in [0.2, 0.25) is 0 Å². The summed E-state index contributed by atoms with van der Waals surface area (Å²) in [5, 5.41) is 22.0. The number of nitrogens with zero attached hydrogens (tertiary/aromatic N) is 5. The van der Waals surface area contributed by atoms with E-state index in [-0.39, 0.29) is 10.8 Å². The Hall–Kier alpha value is -4.63. The number of hydroxylamine groups is 2. The minimum atomic E-state index is -5.02. The molecule has 264 valence electrons. The molecule has 2 aliphatic rings. The van der Waals surface area contributed by atoms with Gasteiger partial charge in [0, 0.05) is 29.6 Å². The molecule has 2 aromatic heterocycles. The summed E-state index contributed by atoms with van der Waals surface area (Å²) in [6.07, 6.45) is 0.415. The highest BCUT2D eigenvalue weighted by molar-refractivity contribution is 7.80. The minimum absolute atomic E-state index is 0.0624. The van der Waals surface area contributed by atoms with Gasteiger partial charge in [0.05, 0.1) is 38.2 Å². The van der Waals surface area contributed by atoms with E-state index in [4.69, 9.17) is 24.8 Å². The first-order valence-electron chi connectivity index (χ1n) is 15.0. The van der Waals surface area contributed by atoms with Crippen molar-refractivity contribution in [2.24, 2.45) is 5.16 Å². The SMILES string of the molecule is CC1(C)[C@H](NC(=O)/C(=N\OC(COc2ccc3nc(NC4CC[N+](C)(C)CC4)ccc3c2)C(=O)O)c2csc(N)n2)C(=O)N1OS(=O)(=O)O. The van der Waals surface area contributed by atoms with Gasteiger partial charge in [-0.25, -0.2) is 14.8 Å². The van der Waals surface area contributed by atoms with Crippen molar-refractivity contribution in [2.45, 2.75) is 50.4 Å². The largest absolute Gasteiger partial charge is 0.489 e. The number of hydrogen-bond donors (Lipinski definition) is 5. The van der Waals surface area contributed by atoms with E-state index in [0.717, 1.165) is 58.5 Å². The number of amides is 2. The monoisotopic (exact) mass is 721 g/mol. The highest BCUT2D eigenvalue weighted by atomic mass is 32.3. The molecule has 6 N–H and O–H groups in total. The van der Waals surface area contributed by atoms with Crippen molar-refractivity contribution in [3.63, 3.8) is 0 Å². The molecular formula is C29H37N8O10S2+. The normalized spacial score (nSPS) is 19.9. The number of nitrogens with one attached hydrogen (secondary N) is 2. The molecular weight excluding hydrogens is 684 g/mol. The Morgan fingerprint density at radius 3 is 2.53 bits per heavy atom. The molecule has 0 spiro atoms. The number of carbonyl (C=O) groups excluding carboxylic acids is 2. The average Bonchev–Trinajstić information content (AvgIpc) is 3.46. The van der Waals surface area contributed by atoms with Crippen LogP contribution in [0.4, 0.5) is 10.9 Å². The number of piperidine rings is 1. The summed E-state index contributed by atoms with van der Waals surface area (Å²) in [6.45, 7) is 4.41. The molecule has 0 radical (unpaired) electrons. The lowest BCUT2D eigenvalue weighted by molar-refractivity contribution is -0.895. The quantitative estimate of drug-likeness (QED) is 0.0544. The highest BCUT2D eigenvalue weighted by Crippen LogP contribution is 2.33. The van der Waals surface area contributed by atoms with Crippen LogP contribution in [0.25, 0.3) is 10.9 Å². The zero-order chi connectivity index (χ0) is 35.7. The van der Waals surface area contributed by atoms with Gasteiger partial charge in [-0.15, -0.1) is 15.6 Å². The first-order valence-corrected chi connectivity index (χ1v) is 17.3. The molecule has 0 bridgehead atoms. The number of oxime groups is 1. The Balaban J connectivity index is 1.24. The summed E-state index contributed by atoms with van der Waals surface area (Å²) < 4.78 is 42.2. The lowest BCUT2D eigenvalue weighted by atomic mass is 9.84. The molecule has 2 atom stereocenters. The van der Waals surface area contributed by atoms with Gasteiger partial charge in [0.1, 0.15) is 29.9 Å². The maximum Gasteiger partial charge on any atom is 0.418 e. The Labute approximate surface area is 285 Å². The lowest BCUT2D eigenvalue weighted by Crippen LogP contribution is -2.76. The minimum Gasteiger partial charge on any atom is -0.489 e. The smallest absolute Gasteiger partial charge is 0.418 e. The summed E-state index contributed by atoms with van der Waals surface area (Å²) >= 11 is 0.964. The highest BCUT2D eigenvalue weighted by Gasteiger charge is 2.58. The number of carboxylic acids is 1. The third kappa shape index (κ3) is 8.51. The molecule has 5 rings (SSSR count). The molecule has 2 fully saturated rings.